The molecule has 3 rings (SSSR count). The molecule has 2 aliphatic carbocycles. The Morgan fingerprint density at radius 3 is 2.60 bits per heavy atom. The maximum atomic E-state index is 9.83. The molecule has 0 aromatic carbocycles. The second-order valence-corrected chi connectivity index (χ2v) is 7.27. The molecule has 2 aliphatic rings. The molecule has 0 aliphatic heterocycles. The first-order valence-corrected chi connectivity index (χ1v) is 8.33. The van der Waals surface area contributed by atoms with Crippen LogP contribution in [0.3, 0.4) is 0 Å². The third kappa shape index (κ3) is 3.14. The molecular formula is C15H22BrN3O. The lowest BCUT2D eigenvalue weighted by molar-refractivity contribution is 0.155. The fourth-order valence-electron chi connectivity index (χ4n) is 2.93. The van der Waals surface area contributed by atoms with Crippen molar-refractivity contribution in [1.29, 1.82) is 0 Å². The second-order valence-electron chi connectivity index (χ2n) is 6.45. The van der Waals surface area contributed by atoms with Crippen molar-refractivity contribution in [3.63, 3.8) is 0 Å². The number of anilines is 1. The summed E-state index contributed by atoms with van der Waals surface area (Å²) in [6.07, 6.45) is 6.72. The predicted molar refractivity (Wildman–Crippen MR) is 82.8 cm³/mol. The Bertz CT molecular complexity index is 482. The first kappa shape index (κ1) is 14.3. The molecule has 20 heavy (non-hydrogen) atoms. The van der Waals surface area contributed by atoms with Gasteiger partial charge in [-0.25, -0.2) is 9.97 Å². The SMILES string of the molecule is CC1CCC(CO)(Nc2cc(Br)nc(C3CC3)n2)CC1. The Labute approximate surface area is 128 Å². The molecule has 2 fully saturated rings. The Hall–Kier alpha value is -0.680. The molecule has 0 bridgehead atoms. The normalized spacial score (nSPS) is 30.2. The van der Waals surface area contributed by atoms with E-state index in [1.54, 1.807) is 0 Å². The van der Waals surface area contributed by atoms with Crippen LogP contribution in [0.2, 0.25) is 0 Å². The van der Waals surface area contributed by atoms with Crippen molar-refractivity contribution in [3.05, 3.63) is 16.5 Å². The molecule has 5 heteroatoms. The Balaban J connectivity index is 1.78. The van der Waals surface area contributed by atoms with E-state index in [9.17, 15) is 5.11 Å². The van der Waals surface area contributed by atoms with Crippen LogP contribution in [0.1, 0.15) is 57.2 Å². The molecule has 1 heterocycles. The molecule has 2 saturated carbocycles. The number of hydrogen-bond donors (Lipinski definition) is 2. The van der Waals surface area contributed by atoms with Crippen LogP contribution in [0.25, 0.3) is 0 Å². The van der Waals surface area contributed by atoms with Crippen molar-refractivity contribution in [3.8, 4) is 0 Å². The summed E-state index contributed by atoms with van der Waals surface area (Å²) in [7, 11) is 0. The lowest BCUT2D eigenvalue weighted by Crippen LogP contribution is -2.45. The van der Waals surface area contributed by atoms with Gasteiger partial charge in [0.15, 0.2) is 0 Å². The molecule has 2 N–H and O–H groups in total. The highest BCUT2D eigenvalue weighted by Crippen LogP contribution is 2.39. The third-order valence-electron chi connectivity index (χ3n) is 4.58. The number of hydrogen-bond acceptors (Lipinski definition) is 4. The Morgan fingerprint density at radius 2 is 2.00 bits per heavy atom. The van der Waals surface area contributed by atoms with Crippen molar-refractivity contribution >= 4 is 21.7 Å². The van der Waals surface area contributed by atoms with Crippen LogP contribution >= 0.6 is 15.9 Å². The first-order chi connectivity index (χ1) is 9.60. The smallest absolute Gasteiger partial charge is 0.135 e. The van der Waals surface area contributed by atoms with Gasteiger partial charge in [0.25, 0.3) is 0 Å². The fourth-order valence-corrected chi connectivity index (χ4v) is 3.33. The van der Waals surface area contributed by atoms with E-state index in [4.69, 9.17) is 0 Å². The first-order valence-electron chi connectivity index (χ1n) is 7.54. The van der Waals surface area contributed by atoms with Crippen LogP contribution in [0.5, 0.6) is 0 Å². The molecule has 0 saturated heterocycles. The number of aromatic nitrogens is 2. The van der Waals surface area contributed by atoms with Crippen LogP contribution in [0, 0.1) is 5.92 Å². The number of nitrogens with zero attached hydrogens (tertiary/aromatic N) is 2. The molecule has 1 aromatic heterocycles. The van der Waals surface area contributed by atoms with Crippen molar-refractivity contribution in [1.82, 2.24) is 9.97 Å². The fraction of sp³-hybridized carbons (Fsp3) is 0.733. The van der Waals surface area contributed by atoms with Crippen molar-refractivity contribution in [2.45, 2.75) is 56.9 Å². The van der Waals surface area contributed by atoms with E-state index in [0.717, 1.165) is 47.8 Å². The highest BCUT2D eigenvalue weighted by atomic mass is 79.9. The van der Waals surface area contributed by atoms with E-state index in [1.165, 1.54) is 12.8 Å². The molecular weight excluding hydrogens is 318 g/mol. The van der Waals surface area contributed by atoms with Crippen LogP contribution in [-0.4, -0.2) is 27.2 Å². The second kappa shape index (κ2) is 5.60. The third-order valence-corrected chi connectivity index (χ3v) is 4.99. The maximum Gasteiger partial charge on any atom is 0.135 e. The van der Waals surface area contributed by atoms with Crippen molar-refractivity contribution in [2.75, 3.05) is 11.9 Å². The van der Waals surface area contributed by atoms with Gasteiger partial charge in [0.1, 0.15) is 16.2 Å². The zero-order chi connectivity index (χ0) is 14.2. The molecule has 1 aromatic rings. The lowest BCUT2D eigenvalue weighted by Gasteiger charge is -2.39. The quantitative estimate of drug-likeness (QED) is 0.824. The molecule has 0 radical (unpaired) electrons. The summed E-state index contributed by atoms with van der Waals surface area (Å²) < 4.78 is 0.828. The highest BCUT2D eigenvalue weighted by molar-refractivity contribution is 9.10. The summed E-state index contributed by atoms with van der Waals surface area (Å²) in [5.41, 5.74) is -0.207. The number of nitrogens with one attached hydrogen (secondary N) is 1. The maximum absolute atomic E-state index is 9.83. The molecule has 0 spiro atoms. The number of aliphatic hydroxyl groups excluding tert-OH is 1. The molecule has 0 amide bonds. The summed E-state index contributed by atoms with van der Waals surface area (Å²) in [6, 6.07) is 1.92. The van der Waals surface area contributed by atoms with E-state index in [0.29, 0.717) is 5.92 Å². The van der Waals surface area contributed by atoms with Crippen molar-refractivity contribution < 1.29 is 5.11 Å². The molecule has 110 valence electrons. The monoisotopic (exact) mass is 339 g/mol. The molecule has 0 atom stereocenters. The van der Waals surface area contributed by atoms with Crippen LogP contribution in [-0.2, 0) is 0 Å². The van der Waals surface area contributed by atoms with E-state index in [1.807, 2.05) is 6.07 Å². The van der Waals surface area contributed by atoms with Gasteiger partial charge in [-0.2, -0.15) is 0 Å². The minimum atomic E-state index is -0.207. The van der Waals surface area contributed by atoms with E-state index in [2.05, 4.69) is 38.1 Å². The van der Waals surface area contributed by atoms with Gasteiger partial charge < -0.3 is 10.4 Å². The summed E-state index contributed by atoms with van der Waals surface area (Å²) >= 11 is 3.47. The number of aliphatic hydroxyl groups is 1. The zero-order valence-corrected chi connectivity index (χ0v) is 13.5. The Morgan fingerprint density at radius 1 is 1.30 bits per heavy atom. The Kier molecular flexibility index (Phi) is 4.00. The largest absolute Gasteiger partial charge is 0.394 e. The van der Waals surface area contributed by atoms with Crippen molar-refractivity contribution in [2.24, 2.45) is 5.92 Å². The molecule has 4 nitrogen and oxygen atoms in total. The standard InChI is InChI=1S/C15H22BrN3O/c1-10-4-6-15(9-20,7-5-10)19-13-8-12(16)17-14(18-13)11-2-3-11/h8,10-11,20H,2-7,9H2,1H3,(H,17,18,19). The minimum absolute atomic E-state index is 0.167. The van der Waals surface area contributed by atoms with E-state index < -0.39 is 0 Å². The van der Waals surface area contributed by atoms with Crippen LogP contribution in [0.4, 0.5) is 5.82 Å². The van der Waals surface area contributed by atoms with Gasteiger partial charge in [-0.1, -0.05) is 6.92 Å². The highest BCUT2D eigenvalue weighted by Gasteiger charge is 2.34. The van der Waals surface area contributed by atoms with Gasteiger partial charge in [0, 0.05) is 12.0 Å². The van der Waals surface area contributed by atoms with Gasteiger partial charge in [-0.05, 0) is 60.4 Å². The lowest BCUT2D eigenvalue weighted by atomic mass is 9.77. The minimum Gasteiger partial charge on any atom is -0.394 e. The average molecular weight is 340 g/mol. The average Bonchev–Trinajstić information content (AvgIpc) is 3.25. The summed E-state index contributed by atoms with van der Waals surface area (Å²) in [6.45, 7) is 2.45. The number of rotatable bonds is 4. The van der Waals surface area contributed by atoms with E-state index >= 15 is 0 Å². The predicted octanol–water partition coefficient (Wildman–Crippen LogP) is 3.47. The van der Waals surface area contributed by atoms with E-state index in [-0.39, 0.29) is 12.1 Å². The van der Waals surface area contributed by atoms with Gasteiger partial charge in [-0.3, -0.25) is 0 Å². The number of halogens is 1. The van der Waals surface area contributed by atoms with Gasteiger partial charge in [0.05, 0.1) is 12.1 Å². The summed E-state index contributed by atoms with van der Waals surface area (Å²) in [4.78, 5) is 9.09. The summed E-state index contributed by atoms with van der Waals surface area (Å²) in [5.74, 6) is 3.07. The van der Waals surface area contributed by atoms with Gasteiger partial charge in [-0.15, -0.1) is 0 Å². The van der Waals surface area contributed by atoms with Crippen LogP contribution in [0.15, 0.2) is 10.7 Å². The molecule has 0 unspecified atom stereocenters. The van der Waals surface area contributed by atoms with Gasteiger partial charge in [0.2, 0.25) is 0 Å². The van der Waals surface area contributed by atoms with Crippen LogP contribution < -0.4 is 5.32 Å². The topological polar surface area (TPSA) is 58.0 Å². The summed E-state index contributed by atoms with van der Waals surface area (Å²) in [5, 5.41) is 13.3. The van der Waals surface area contributed by atoms with Gasteiger partial charge >= 0.3 is 0 Å². The zero-order valence-electron chi connectivity index (χ0n) is 11.9.